The van der Waals surface area contributed by atoms with Crippen molar-refractivity contribution in [3.8, 4) is 22.3 Å². The number of nitrogens with zero attached hydrogens (tertiary/aromatic N) is 1. The van der Waals surface area contributed by atoms with Crippen LogP contribution in [0.25, 0.3) is 65.7 Å². The van der Waals surface area contributed by atoms with Crippen LogP contribution in [0.1, 0.15) is 0 Å². The molecule has 2 heteroatoms. The fourth-order valence-electron chi connectivity index (χ4n) is 6.83. The summed E-state index contributed by atoms with van der Waals surface area (Å²) in [7, 11) is 0. The minimum atomic E-state index is 0.912. The van der Waals surface area contributed by atoms with Gasteiger partial charge in [0, 0.05) is 38.8 Å². The quantitative estimate of drug-likeness (QED) is 0.199. The van der Waals surface area contributed by atoms with E-state index >= 15 is 0 Å². The maximum absolute atomic E-state index is 6.79. The smallest absolute Gasteiger partial charge is 0.143 e. The largest absolute Gasteiger partial charge is 0.455 e. The van der Waals surface area contributed by atoms with Crippen molar-refractivity contribution in [2.75, 3.05) is 4.90 Å². The van der Waals surface area contributed by atoms with Crippen LogP contribution in [-0.4, -0.2) is 0 Å². The van der Waals surface area contributed by atoms with Gasteiger partial charge in [0.25, 0.3) is 0 Å². The molecule has 0 aliphatic carbocycles. The Morgan fingerprint density at radius 3 is 1.72 bits per heavy atom. The van der Waals surface area contributed by atoms with Crippen LogP contribution in [-0.2, 0) is 0 Å². The van der Waals surface area contributed by atoms with Gasteiger partial charge in [-0.25, -0.2) is 0 Å². The minimum absolute atomic E-state index is 0.912. The molecule has 1 aromatic heterocycles. The zero-order valence-electron chi connectivity index (χ0n) is 25.1. The first kappa shape index (κ1) is 26.3. The molecule has 0 fully saturated rings. The summed E-state index contributed by atoms with van der Waals surface area (Å²) < 4.78 is 6.79. The predicted molar refractivity (Wildman–Crippen MR) is 194 cm³/mol. The number of hydrogen-bond acceptors (Lipinski definition) is 2. The van der Waals surface area contributed by atoms with Crippen LogP contribution in [0.4, 0.5) is 17.1 Å². The number of anilines is 3. The van der Waals surface area contributed by atoms with Gasteiger partial charge in [0.05, 0.1) is 0 Å². The summed E-state index contributed by atoms with van der Waals surface area (Å²) in [5.74, 6) is 0. The molecule has 0 radical (unpaired) electrons. The van der Waals surface area contributed by atoms with E-state index in [2.05, 4.69) is 181 Å². The molecule has 1 heterocycles. The van der Waals surface area contributed by atoms with E-state index in [9.17, 15) is 0 Å². The zero-order chi connectivity index (χ0) is 30.5. The van der Waals surface area contributed by atoms with Crippen molar-refractivity contribution in [3.05, 3.63) is 176 Å². The lowest BCUT2D eigenvalue weighted by atomic mass is 9.95. The van der Waals surface area contributed by atoms with E-state index in [1.807, 2.05) is 0 Å². The van der Waals surface area contributed by atoms with Crippen molar-refractivity contribution < 1.29 is 4.42 Å². The topological polar surface area (TPSA) is 16.4 Å². The Morgan fingerprint density at radius 1 is 0.326 bits per heavy atom. The number of benzene rings is 8. The molecule has 216 valence electrons. The van der Waals surface area contributed by atoms with Crippen molar-refractivity contribution in [3.63, 3.8) is 0 Å². The highest BCUT2D eigenvalue weighted by atomic mass is 16.3. The number of fused-ring (bicyclic) bond motifs is 6. The van der Waals surface area contributed by atoms with Crippen molar-refractivity contribution in [1.29, 1.82) is 0 Å². The van der Waals surface area contributed by atoms with Gasteiger partial charge in [0.1, 0.15) is 11.2 Å². The molecular formula is C44H29NO. The SMILES string of the molecule is c1ccc(-c2cc3c4cccc(-c5ccc(N(c6ccccc6)c6ccc7ccccc7c6)cc5)c4oc3c3ccccc23)cc1. The molecule has 0 bridgehead atoms. The molecule has 0 saturated heterocycles. The second-order valence-electron chi connectivity index (χ2n) is 11.7. The van der Waals surface area contributed by atoms with Gasteiger partial charge in [0.2, 0.25) is 0 Å². The van der Waals surface area contributed by atoms with E-state index < -0.39 is 0 Å². The van der Waals surface area contributed by atoms with Gasteiger partial charge in [-0.3, -0.25) is 0 Å². The lowest BCUT2D eigenvalue weighted by Gasteiger charge is -2.26. The molecule has 0 N–H and O–H groups in total. The summed E-state index contributed by atoms with van der Waals surface area (Å²) >= 11 is 0. The Hall–Kier alpha value is -6.12. The van der Waals surface area contributed by atoms with Crippen molar-refractivity contribution in [2.24, 2.45) is 0 Å². The normalized spacial score (nSPS) is 11.5. The van der Waals surface area contributed by atoms with Crippen LogP contribution in [0.15, 0.2) is 180 Å². The maximum Gasteiger partial charge on any atom is 0.143 e. The third-order valence-corrected chi connectivity index (χ3v) is 9.03. The zero-order valence-corrected chi connectivity index (χ0v) is 25.1. The Labute approximate surface area is 267 Å². The van der Waals surface area contributed by atoms with Crippen LogP contribution in [0.3, 0.4) is 0 Å². The molecule has 2 nitrogen and oxygen atoms in total. The number of rotatable bonds is 5. The van der Waals surface area contributed by atoms with E-state index in [0.29, 0.717) is 0 Å². The highest BCUT2D eigenvalue weighted by molar-refractivity contribution is 6.20. The average Bonchev–Trinajstić information content (AvgIpc) is 3.52. The van der Waals surface area contributed by atoms with E-state index in [4.69, 9.17) is 4.42 Å². The van der Waals surface area contributed by atoms with Crippen molar-refractivity contribution in [2.45, 2.75) is 0 Å². The third kappa shape index (κ3) is 4.35. The molecule has 9 aromatic rings. The summed E-state index contributed by atoms with van der Waals surface area (Å²) in [6.45, 7) is 0. The number of furan rings is 1. The molecule has 9 rings (SSSR count). The first-order chi connectivity index (χ1) is 22.8. The van der Waals surface area contributed by atoms with E-state index in [0.717, 1.165) is 55.5 Å². The molecule has 0 saturated carbocycles. The summed E-state index contributed by atoms with van der Waals surface area (Å²) in [5.41, 5.74) is 9.81. The molecule has 0 aliphatic heterocycles. The number of para-hydroxylation sites is 2. The van der Waals surface area contributed by atoms with Crippen LogP contribution in [0, 0.1) is 0 Å². The van der Waals surface area contributed by atoms with E-state index in [1.54, 1.807) is 0 Å². The lowest BCUT2D eigenvalue weighted by Crippen LogP contribution is -2.09. The fraction of sp³-hybridized carbons (Fsp3) is 0. The summed E-state index contributed by atoms with van der Waals surface area (Å²) in [5, 5.41) is 7.04. The second-order valence-corrected chi connectivity index (χ2v) is 11.7. The van der Waals surface area contributed by atoms with Crippen LogP contribution in [0.2, 0.25) is 0 Å². The van der Waals surface area contributed by atoms with Gasteiger partial charge in [-0.2, -0.15) is 0 Å². The Balaban J connectivity index is 1.18. The maximum atomic E-state index is 6.79. The fourth-order valence-corrected chi connectivity index (χ4v) is 6.83. The highest BCUT2D eigenvalue weighted by Gasteiger charge is 2.18. The molecule has 0 spiro atoms. The van der Waals surface area contributed by atoms with E-state index in [1.165, 1.54) is 27.3 Å². The second kappa shape index (κ2) is 10.8. The van der Waals surface area contributed by atoms with Gasteiger partial charge in [-0.15, -0.1) is 0 Å². The van der Waals surface area contributed by atoms with Crippen molar-refractivity contribution in [1.82, 2.24) is 0 Å². The van der Waals surface area contributed by atoms with Gasteiger partial charge in [-0.1, -0.05) is 133 Å². The average molecular weight is 588 g/mol. The van der Waals surface area contributed by atoms with Crippen molar-refractivity contribution >= 4 is 60.5 Å². The first-order valence-corrected chi connectivity index (χ1v) is 15.7. The standard InChI is InChI=1S/C44H29NO/c1-3-13-31(14-4-1)41-29-42-40-21-11-20-37(43(40)46-44(42)39-19-10-9-18-38(39)41)32-23-25-35(26-24-32)45(34-16-5-2-6-17-34)36-27-22-30-12-7-8-15-33(30)28-36/h1-29H. The Kier molecular flexibility index (Phi) is 6.17. The Bertz CT molecular complexity index is 2510. The molecule has 8 aromatic carbocycles. The summed E-state index contributed by atoms with van der Waals surface area (Å²) in [6.07, 6.45) is 0. The molecule has 0 amide bonds. The molecule has 0 aliphatic rings. The summed E-state index contributed by atoms with van der Waals surface area (Å²) in [6, 6.07) is 62.5. The highest BCUT2D eigenvalue weighted by Crippen LogP contribution is 2.43. The van der Waals surface area contributed by atoms with Crippen LogP contribution >= 0.6 is 0 Å². The molecule has 0 atom stereocenters. The molecule has 46 heavy (non-hydrogen) atoms. The van der Waals surface area contributed by atoms with Gasteiger partial charge >= 0.3 is 0 Å². The third-order valence-electron chi connectivity index (χ3n) is 9.03. The number of hydrogen-bond donors (Lipinski definition) is 0. The summed E-state index contributed by atoms with van der Waals surface area (Å²) in [4.78, 5) is 2.31. The molecular weight excluding hydrogens is 558 g/mol. The van der Waals surface area contributed by atoms with Crippen LogP contribution in [0.5, 0.6) is 0 Å². The lowest BCUT2D eigenvalue weighted by molar-refractivity contribution is 0.674. The predicted octanol–water partition coefficient (Wildman–Crippen LogP) is 12.7. The van der Waals surface area contributed by atoms with Gasteiger partial charge < -0.3 is 9.32 Å². The Morgan fingerprint density at radius 2 is 0.913 bits per heavy atom. The monoisotopic (exact) mass is 587 g/mol. The van der Waals surface area contributed by atoms with Crippen LogP contribution < -0.4 is 4.90 Å². The minimum Gasteiger partial charge on any atom is -0.455 e. The van der Waals surface area contributed by atoms with Gasteiger partial charge in [0.15, 0.2) is 0 Å². The first-order valence-electron chi connectivity index (χ1n) is 15.7. The van der Waals surface area contributed by atoms with Gasteiger partial charge in [-0.05, 0) is 75.3 Å². The molecule has 0 unspecified atom stereocenters. The van der Waals surface area contributed by atoms with E-state index in [-0.39, 0.29) is 0 Å².